The molecule has 0 unspecified atom stereocenters. The summed E-state index contributed by atoms with van der Waals surface area (Å²) in [4.78, 5) is 12.8. The van der Waals surface area contributed by atoms with Crippen molar-refractivity contribution in [2.75, 3.05) is 0 Å². The highest BCUT2D eigenvalue weighted by atomic mass is 16.4. The Morgan fingerprint density at radius 2 is 1.37 bits per heavy atom. The van der Waals surface area contributed by atoms with E-state index in [1.807, 2.05) is 0 Å². The average Bonchev–Trinajstić information content (AvgIpc) is 2.80. The fraction of sp³-hybridized carbons (Fsp3) is 0.964. The zero-order valence-corrected chi connectivity index (χ0v) is 20.3. The minimum Gasteiger partial charge on any atom is -0.481 e. The van der Waals surface area contributed by atoms with Crippen LogP contribution in [0.15, 0.2) is 0 Å². The molecule has 3 aliphatic carbocycles. The van der Waals surface area contributed by atoms with Gasteiger partial charge in [0.25, 0.3) is 0 Å². The van der Waals surface area contributed by atoms with Gasteiger partial charge in [0.2, 0.25) is 0 Å². The van der Waals surface area contributed by atoms with Gasteiger partial charge in [-0.2, -0.15) is 0 Å². The predicted octanol–water partition coefficient (Wildman–Crippen LogP) is 8.92. The fourth-order valence-electron chi connectivity index (χ4n) is 8.15. The van der Waals surface area contributed by atoms with Crippen LogP contribution in [-0.2, 0) is 4.79 Å². The maximum absolute atomic E-state index is 12.8. The second kappa shape index (κ2) is 10.9. The highest BCUT2D eigenvalue weighted by Gasteiger charge is 2.58. The Kier molecular flexibility index (Phi) is 8.73. The van der Waals surface area contributed by atoms with Crippen LogP contribution in [0.5, 0.6) is 0 Å². The fourth-order valence-corrected chi connectivity index (χ4v) is 8.15. The third-order valence-corrected chi connectivity index (χ3v) is 10.3. The molecular formula is C28H50O2. The molecule has 2 heteroatoms. The summed E-state index contributed by atoms with van der Waals surface area (Å²) in [7, 11) is 0. The molecule has 0 heterocycles. The van der Waals surface area contributed by atoms with Crippen LogP contribution in [-0.4, -0.2) is 11.1 Å². The summed E-state index contributed by atoms with van der Waals surface area (Å²) in [6, 6.07) is 0. The van der Waals surface area contributed by atoms with E-state index in [2.05, 4.69) is 13.8 Å². The van der Waals surface area contributed by atoms with E-state index < -0.39 is 11.4 Å². The number of carboxylic acid groups (broad SMARTS) is 1. The van der Waals surface area contributed by atoms with Gasteiger partial charge < -0.3 is 5.11 Å². The van der Waals surface area contributed by atoms with Crippen molar-refractivity contribution in [2.45, 2.75) is 149 Å². The molecule has 0 aromatic heterocycles. The molecular weight excluding hydrogens is 368 g/mol. The zero-order chi connectivity index (χ0) is 21.5. The first-order valence-electron chi connectivity index (χ1n) is 13.8. The van der Waals surface area contributed by atoms with Gasteiger partial charge in [-0.1, -0.05) is 90.9 Å². The molecule has 2 nitrogen and oxygen atoms in total. The number of hydrogen-bond acceptors (Lipinski definition) is 1. The second-order valence-corrected chi connectivity index (χ2v) is 11.4. The molecule has 174 valence electrons. The van der Waals surface area contributed by atoms with Crippen molar-refractivity contribution in [3.8, 4) is 0 Å². The Morgan fingerprint density at radius 3 is 1.93 bits per heavy atom. The van der Waals surface area contributed by atoms with Crippen LogP contribution >= 0.6 is 0 Å². The van der Waals surface area contributed by atoms with Crippen molar-refractivity contribution in [2.24, 2.45) is 22.2 Å². The molecule has 3 rings (SSSR count). The molecule has 0 radical (unpaired) electrons. The molecule has 3 fully saturated rings. The minimum absolute atomic E-state index is 0.0683. The molecule has 0 atom stereocenters. The van der Waals surface area contributed by atoms with E-state index in [0.717, 1.165) is 31.6 Å². The van der Waals surface area contributed by atoms with Gasteiger partial charge >= 0.3 is 5.97 Å². The van der Waals surface area contributed by atoms with Gasteiger partial charge in [0.1, 0.15) is 0 Å². The smallest absolute Gasteiger partial charge is 0.310 e. The van der Waals surface area contributed by atoms with Gasteiger partial charge in [-0.3, -0.25) is 4.79 Å². The van der Waals surface area contributed by atoms with E-state index in [1.54, 1.807) is 0 Å². The van der Waals surface area contributed by atoms with Crippen LogP contribution in [0.1, 0.15) is 149 Å². The first-order valence-corrected chi connectivity index (χ1v) is 13.8. The van der Waals surface area contributed by atoms with E-state index in [4.69, 9.17) is 0 Å². The molecule has 0 spiro atoms. The van der Waals surface area contributed by atoms with Crippen LogP contribution in [0.3, 0.4) is 0 Å². The lowest BCUT2D eigenvalue weighted by Crippen LogP contribution is -2.53. The summed E-state index contributed by atoms with van der Waals surface area (Å²) >= 11 is 0. The summed E-state index contributed by atoms with van der Waals surface area (Å²) in [6.07, 6.45) is 26.5. The van der Waals surface area contributed by atoms with Crippen LogP contribution < -0.4 is 0 Å². The normalized spacial score (nSPS) is 32.7. The first kappa shape index (κ1) is 24.1. The summed E-state index contributed by atoms with van der Waals surface area (Å²) in [5, 5.41) is 10.6. The number of hydrogen-bond donors (Lipinski definition) is 1. The van der Waals surface area contributed by atoms with Crippen LogP contribution in [0.4, 0.5) is 0 Å². The number of rotatable bonds is 10. The number of aliphatic carboxylic acids is 1. The predicted molar refractivity (Wildman–Crippen MR) is 127 cm³/mol. The highest BCUT2D eigenvalue weighted by Crippen LogP contribution is 2.64. The molecule has 30 heavy (non-hydrogen) atoms. The van der Waals surface area contributed by atoms with Gasteiger partial charge in [-0.25, -0.2) is 0 Å². The molecule has 0 aliphatic heterocycles. The number of carboxylic acids is 1. The Balaban J connectivity index is 1.79. The Bertz CT molecular complexity index is 517. The van der Waals surface area contributed by atoms with Gasteiger partial charge in [-0.15, -0.1) is 0 Å². The van der Waals surface area contributed by atoms with Gasteiger partial charge in [-0.05, 0) is 74.5 Å². The Morgan fingerprint density at radius 1 is 0.767 bits per heavy atom. The van der Waals surface area contributed by atoms with E-state index in [1.165, 1.54) is 109 Å². The zero-order valence-electron chi connectivity index (χ0n) is 20.3. The van der Waals surface area contributed by atoms with E-state index in [9.17, 15) is 9.90 Å². The molecule has 1 N–H and O–H groups in total. The largest absolute Gasteiger partial charge is 0.481 e. The van der Waals surface area contributed by atoms with Crippen molar-refractivity contribution < 1.29 is 9.90 Å². The lowest BCUT2D eigenvalue weighted by atomic mass is 9.46. The van der Waals surface area contributed by atoms with E-state index >= 15 is 0 Å². The minimum atomic E-state index is -0.447. The lowest BCUT2D eigenvalue weighted by Gasteiger charge is -2.57. The first-order chi connectivity index (χ1) is 14.5. The molecule has 3 saturated carbocycles. The molecule has 0 aromatic rings. The quantitative estimate of drug-likeness (QED) is 0.359. The Labute approximate surface area is 187 Å². The monoisotopic (exact) mass is 418 g/mol. The maximum Gasteiger partial charge on any atom is 0.310 e. The van der Waals surface area contributed by atoms with Gasteiger partial charge in [0.05, 0.1) is 5.41 Å². The molecule has 0 bridgehead atoms. The number of carbonyl (C=O) groups is 1. The average molecular weight is 419 g/mol. The maximum atomic E-state index is 12.8. The molecule has 0 amide bonds. The van der Waals surface area contributed by atoms with Crippen LogP contribution in [0, 0.1) is 22.2 Å². The van der Waals surface area contributed by atoms with Gasteiger partial charge in [0.15, 0.2) is 0 Å². The standard InChI is InChI=1S/C28H50O2/c1-3-5-6-7-12-17-27(28(25(29)30)18-13-9-14-19-28)22-20-26(4-2,21-23-27)24-15-10-8-11-16-24/h24H,3-23H2,1-2H3,(H,29,30). The summed E-state index contributed by atoms with van der Waals surface area (Å²) < 4.78 is 0. The SMILES string of the molecule is CCCCCCCC1(C2(C(=O)O)CCCCC2)CCC(CC)(C2CCCCC2)CC1. The van der Waals surface area contributed by atoms with Gasteiger partial charge in [0, 0.05) is 0 Å². The summed E-state index contributed by atoms with van der Waals surface area (Å²) in [5.41, 5.74) is 0.155. The summed E-state index contributed by atoms with van der Waals surface area (Å²) in [6.45, 7) is 4.71. The summed E-state index contributed by atoms with van der Waals surface area (Å²) in [5.74, 6) is 0.461. The third kappa shape index (κ3) is 4.78. The van der Waals surface area contributed by atoms with Crippen molar-refractivity contribution in [3.05, 3.63) is 0 Å². The second-order valence-electron chi connectivity index (χ2n) is 11.4. The lowest BCUT2D eigenvalue weighted by molar-refractivity contribution is -0.171. The van der Waals surface area contributed by atoms with Crippen molar-refractivity contribution in [3.63, 3.8) is 0 Å². The molecule has 0 saturated heterocycles. The van der Waals surface area contributed by atoms with Crippen LogP contribution in [0.25, 0.3) is 0 Å². The van der Waals surface area contributed by atoms with Crippen molar-refractivity contribution in [1.29, 1.82) is 0 Å². The Hall–Kier alpha value is -0.530. The van der Waals surface area contributed by atoms with Crippen molar-refractivity contribution in [1.82, 2.24) is 0 Å². The topological polar surface area (TPSA) is 37.3 Å². The van der Waals surface area contributed by atoms with E-state index in [0.29, 0.717) is 5.41 Å². The molecule has 0 aromatic carbocycles. The van der Waals surface area contributed by atoms with Crippen molar-refractivity contribution >= 4 is 5.97 Å². The molecule has 3 aliphatic rings. The highest BCUT2D eigenvalue weighted by molar-refractivity contribution is 5.76. The van der Waals surface area contributed by atoms with Crippen LogP contribution in [0.2, 0.25) is 0 Å². The third-order valence-electron chi connectivity index (χ3n) is 10.3. The number of unbranched alkanes of at least 4 members (excludes halogenated alkanes) is 4. The van der Waals surface area contributed by atoms with E-state index in [-0.39, 0.29) is 5.41 Å².